The molecule has 0 spiro atoms. The molecule has 0 heterocycles. The average molecular weight is 1140 g/mol. The van der Waals surface area contributed by atoms with Crippen molar-refractivity contribution in [3.05, 3.63) is 258 Å². The molecule has 0 aliphatic rings. The Bertz CT molecular complexity index is 2920. The van der Waals surface area contributed by atoms with Gasteiger partial charge < -0.3 is 29.6 Å². The third kappa shape index (κ3) is 15.4. The number of halogens is 2. The van der Waals surface area contributed by atoms with E-state index < -0.39 is 15.8 Å². The van der Waals surface area contributed by atoms with Crippen LogP contribution < -0.4 is 46.5 Å². The second kappa shape index (κ2) is 30.8. The van der Waals surface area contributed by atoms with E-state index in [1.807, 2.05) is 6.07 Å². The van der Waals surface area contributed by atoms with Crippen LogP contribution in [0.25, 0.3) is 32.3 Å². The van der Waals surface area contributed by atoms with E-state index in [0.717, 1.165) is 5.56 Å². The molecule has 10 aromatic carbocycles. The topological polar surface area (TPSA) is 9.72 Å². The number of hydrogen-bond donors (Lipinski definition) is 0. The van der Waals surface area contributed by atoms with E-state index in [1.54, 1.807) is 0 Å². The first-order valence-electron chi connectivity index (χ1n) is 23.0. The quantitative estimate of drug-likeness (QED) is 0.0617. The molecule has 0 N–H and O–H groups in total. The van der Waals surface area contributed by atoms with Crippen molar-refractivity contribution in [2.45, 2.75) is 0 Å². The summed E-state index contributed by atoms with van der Waals surface area (Å²) in [6, 6.07) is 82.9. The van der Waals surface area contributed by atoms with Crippen LogP contribution in [0.15, 0.2) is 231 Å². The molecule has 1 radical (unpaired) electrons. The molecule has 10 aromatic rings. The molecule has 3 nitrogen and oxygen atoms in total. The van der Waals surface area contributed by atoms with Crippen LogP contribution in [-0.2, 0) is 34.1 Å². The first-order valence-corrected chi connectivity index (χ1v) is 26.9. The number of nitrogens with zero attached hydrogens (tertiary/aromatic N) is 3. The molecule has 9 heteroatoms. The van der Waals surface area contributed by atoms with Crippen LogP contribution in [0, 0.1) is 21.8 Å². The zero-order chi connectivity index (χ0) is 48.7. The summed E-state index contributed by atoms with van der Waals surface area (Å²) in [5.41, 5.74) is 4.88. The summed E-state index contributed by atoms with van der Waals surface area (Å²) in [6.45, 7) is 4.07. The number of fused-ring (bicyclic) bond motifs is 3. The zero-order valence-corrected chi connectivity index (χ0v) is 48.3. The van der Waals surface area contributed by atoms with Gasteiger partial charge >= 0.3 is 17.1 Å². The first kappa shape index (κ1) is 62.0. The Labute approximate surface area is 471 Å². The monoisotopic (exact) mass is 1140 g/mol. The van der Waals surface area contributed by atoms with Gasteiger partial charge in [-0.05, 0) is 82.8 Å². The van der Waals surface area contributed by atoms with Gasteiger partial charge in [0.2, 0.25) is 0 Å². The Morgan fingerprint density at radius 3 is 1.12 bits per heavy atom. The standard InChI is InChI=1S/2C24H22NP.C13H14N.CH2Cl2.2CH3.2Cu/c2*1-25(2)22-17-9-11-19-12-10-18-23(24(19)22)26(20-13-5-3-6-14-20)21-15-7-4-8-16-21;1-10-6-4-7-11-8-5-9-12(13(10)11)14(2)3;2-1-3;;;;/h2*3-18H,1-2H3;4-9H,1H2,2-3H3;1H2;2*1H3;;/q;;-1;;2*-1;;+1/p+1. The van der Waals surface area contributed by atoms with E-state index in [9.17, 15) is 0 Å². The van der Waals surface area contributed by atoms with Gasteiger partial charge in [0.15, 0.2) is 0 Å². The van der Waals surface area contributed by atoms with Gasteiger partial charge in [-0.2, -0.15) is 18.6 Å². The van der Waals surface area contributed by atoms with E-state index in [1.165, 1.54) is 81.2 Å². The molecular weight excluding hydrogens is 1070 g/mol. The molecule has 73 heavy (non-hydrogen) atoms. The molecule has 385 valence electrons. The van der Waals surface area contributed by atoms with Crippen molar-refractivity contribution >= 4 is 120 Å². The van der Waals surface area contributed by atoms with Crippen molar-refractivity contribution in [3.63, 3.8) is 0 Å². The smallest absolute Gasteiger partial charge is 0.387 e. The minimum Gasteiger partial charge on any atom is -0.387 e. The Morgan fingerprint density at radius 1 is 0.397 bits per heavy atom. The predicted molar refractivity (Wildman–Crippen MR) is 327 cm³/mol. The van der Waals surface area contributed by atoms with Crippen molar-refractivity contribution in [2.75, 3.05) is 62.3 Å². The van der Waals surface area contributed by atoms with Gasteiger partial charge in [0.25, 0.3) is 0 Å². The van der Waals surface area contributed by atoms with Crippen molar-refractivity contribution in [1.82, 2.24) is 0 Å². The molecule has 0 aliphatic carbocycles. The third-order valence-electron chi connectivity index (χ3n) is 11.8. The number of rotatable bonds is 9. The minimum absolute atomic E-state index is 0. The Kier molecular flexibility index (Phi) is 26.2. The van der Waals surface area contributed by atoms with Crippen LogP contribution in [0.5, 0.6) is 0 Å². The molecule has 0 bridgehead atoms. The molecule has 0 unspecified atom stereocenters. The van der Waals surface area contributed by atoms with Crippen LogP contribution in [0.4, 0.5) is 17.1 Å². The summed E-state index contributed by atoms with van der Waals surface area (Å²) < 4.78 is 0. The summed E-state index contributed by atoms with van der Waals surface area (Å²) >= 11 is 9.53. The average Bonchev–Trinajstić information content (AvgIpc) is 3.38. The van der Waals surface area contributed by atoms with Gasteiger partial charge in [0, 0.05) is 81.5 Å². The first-order chi connectivity index (χ1) is 33.6. The van der Waals surface area contributed by atoms with E-state index in [2.05, 4.69) is 288 Å². The SMILES string of the molecule is CN(C)c1cccc2cccc(P(c3ccccc3)c3ccccc3)c12.CN(C)c1cccc2cccc([PH+](c3ccccc3)c3ccccc3)c12.ClCCl.[CH2-]c1cccc2cccc(N(C)C)c12.[CH3-].[CH3-].[Cu+].[Cu]. The number of hydrogen-bond acceptors (Lipinski definition) is 3. The summed E-state index contributed by atoms with van der Waals surface area (Å²) in [4.78, 5) is 6.56. The second-order valence-corrected chi connectivity index (χ2v) is 22.5. The van der Waals surface area contributed by atoms with Crippen LogP contribution >= 0.6 is 39.0 Å². The zero-order valence-electron chi connectivity index (χ0n) is 43.0. The van der Waals surface area contributed by atoms with Gasteiger partial charge in [-0.25, -0.2) is 0 Å². The number of alkyl halides is 2. The second-order valence-electron chi connectivity index (χ2n) is 17.0. The van der Waals surface area contributed by atoms with Gasteiger partial charge in [-0.15, -0.1) is 29.3 Å². The van der Waals surface area contributed by atoms with Gasteiger partial charge in [-0.3, -0.25) is 0 Å². The molecule has 10 rings (SSSR count). The molecular formula is C64H67Cl2Cu2N3P2-. The molecule has 0 fully saturated rings. The molecule has 0 saturated carbocycles. The molecule has 0 aromatic heterocycles. The maximum Gasteiger partial charge on any atom is 1.00 e. The van der Waals surface area contributed by atoms with Gasteiger partial charge in [0.05, 0.1) is 13.3 Å². The van der Waals surface area contributed by atoms with Crippen molar-refractivity contribution in [2.24, 2.45) is 0 Å². The normalized spacial score (nSPS) is 10.1. The third-order valence-corrected chi connectivity index (χ3v) is 17.1. The Hall–Kier alpha value is -5.27. The summed E-state index contributed by atoms with van der Waals surface area (Å²) in [6.07, 6.45) is 0. The van der Waals surface area contributed by atoms with Gasteiger partial charge in [-0.1, -0.05) is 187 Å². The van der Waals surface area contributed by atoms with Crippen LogP contribution in [0.1, 0.15) is 5.56 Å². The van der Waals surface area contributed by atoms with E-state index >= 15 is 0 Å². The summed E-state index contributed by atoms with van der Waals surface area (Å²) in [5, 5.41) is 16.5. The van der Waals surface area contributed by atoms with Crippen molar-refractivity contribution in [1.29, 1.82) is 0 Å². The molecule has 0 amide bonds. The van der Waals surface area contributed by atoms with Crippen LogP contribution in [-0.4, -0.2) is 47.6 Å². The van der Waals surface area contributed by atoms with Crippen LogP contribution in [0.3, 0.4) is 0 Å². The van der Waals surface area contributed by atoms with Crippen molar-refractivity contribution in [3.8, 4) is 0 Å². The van der Waals surface area contributed by atoms with Crippen molar-refractivity contribution < 1.29 is 34.1 Å². The Morgan fingerprint density at radius 2 is 0.712 bits per heavy atom. The predicted octanol–water partition coefficient (Wildman–Crippen LogP) is 14.5. The fraction of sp³-hybridized carbons (Fsp3) is 0.109. The maximum absolute atomic E-state index is 4.76. The summed E-state index contributed by atoms with van der Waals surface area (Å²) in [7, 11) is 10.9. The number of anilines is 3. The van der Waals surface area contributed by atoms with E-state index in [-0.39, 0.29) is 54.3 Å². The largest absolute Gasteiger partial charge is 1.00 e. The fourth-order valence-corrected chi connectivity index (χ4v) is 14.1. The van der Waals surface area contributed by atoms with Crippen LogP contribution in [0.2, 0.25) is 0 Å². The number of benzene rings is 10. The minimum atomic E-state index is -1.08. The Balaban J connectivity index is 0.000000284. The van der Waals surface area contributed by atoms with E-state index in [4.69, 9.17) is 23.2 Å². The fourth-order valence-electron chi connectivity index (χ4n) is 8.80. The molecule has 0 atom stereocenters. The van der Waals surface area contributed by atoms with E-state index in [0.29, 0.717) is 0 Å². The van der Waals surface area contributed by atoms with Gasteiger partial charge in [0.1, 0.15) is 15.9 Å². The summed E-state index contributed by atoms with van der Waals surface area (Å²) in [5.74, 6) is 0. The molecule has 0 saturated heterocycles. The maximum atomic E-state index is 4.76. The molecule has 0 aliphatic heterocycles.